The predicted octanol–water partition coefficient (Wildman–Crippen LogP) is 2.16. The van der Waals surface area contributed by atoms with Crippen molar-refractivity contribution in [1.82, 2.24) is 15.3 Å². The number of hydrogen-bond acceptors (Lipinski definition) is 4. The van der Waals surface area contributed by atoms with Crippen LogP contribution in [0.5, 0.6) is 0 Å². The fourth-order valence-electron chi connectivity index (χ4n) is 1.57. The molecule has 2 aromatic heterocycles. The van der Waals surface area contributed by atoms with Crippen LogP contribution in [0.1, 0.15) is 22.2 Å². The van der Waals surface area contributed by atoms with E-state index in [0.717, 1.165) is 5.69 Å². The predicted molar refractivity (Wildman–Crippen MR) is 62.0 cm³/mol. The SMILES string of the molecule is CNC(c1csc(C)c1)c1ccncn1. The minimum atomic E-state index is 0.165. The zero-order valence-electron chi connectivity index (χ0n) is 8.77. The molecule has 0 bridgehead atoms. The zero-order valence-corrected chi connectivity index (χ0v) is 9.58. The van der Waals surface area contributed by atoms with Gasteiger partial charge in [-0.1, -0.05) is 0 Å². The average Bonchev–Trinajstić information content (AvgIpc) is 2.68. The number of aryl methyl sites for hydroxylation is 1. The molecule has 0 aliphatic carbocycles. The molecule has 1 N–H and O–H groups in total. The Balaban J connectivity index is 2.33. The first-order valence-electron chi connectivity index (χ1n) is 4.79. The Kier molecular flexibility index (Phi) is 3.08. The van der Waals surface area contributed by atoms with Crippen molar-refractivity contribution in [2.24, 2.45) is 0 Å². The first-order chi connectivity index (χ1) is 7.31. The molecule has 0 aliphatic heterocycles. The van der Waals surface area contributed by atoms with E-state index in [1.165, 1.54) is 10.4 Å². The van der Waals surface area contributed by atoms with Gasteiger partial charge < -0.3 is 5.32 Å². The van der Waals surface area contributed by atoms with Crippen molar-refractivity contribution in [2.45, 2.75) is 13.0 Å². The third kappa shape index (κ3) is 2.22. The lowest BCUT2D eigenvalue weighted by Gasteiger charge is -2.13. The van der Waals surface area contributed by atoms with Crippen LogP contribution < -0.4 is 5.32 Å². The molecule has 1 unspecified atom stereocenters. The van der Waals surface area contributed by atoms with Crippen molar-refractivity contribution in [1.29, 1.82) is 0 Å². The van der Waals surface area contributed by atoms with Gasteiger partial charge in [-0.05, 0) is 37.0 Å². The van der Waals surface area contributed by atoms with Crippen molar-refractivity contribution < 1.29 is 0 Å². The number of rotatable bonds is 3. The summed E-state index contributed by atoms with van der Waals surface area (Å²) in [7, 11) is 1.94. The highest BCUT2D eigenvalue weighted by molar-refractivity contribution is 7.10. The summed E-state index contributed by atoms with van der Waals surface area (Å²) in [6.45, 7) is 2.11. The van der Waals surface area contributed by atoms with E-state index in [9.17, 15) is 0 Å². The Labute approximate surface area is 93.2 Å². The maximum atomic E-state index is 4.27. The van der Waals surface area contributed by atoms with Crippen LogP contribution in [0.25, 0.3) is 0 Å². The molecule has 0 spiro atoms. The Bertz CT molecular complexity index is 424. The third-order valence-electron chi connectivity index (χ3n) is 2.27. The van der Waals surface area contributed by atoms with Crippen molar-refractivity contribution in [3.8, 4) is 0 Å². The van der Waals surface area contributed by atoms with Gasteiger partial charge in [0.15, 0.2) is 0 Å². The minimum absolute atomic E-state index is 0.165. The van der Waals surface area contributed by atoms with E-state index in [4.69, 9.17) is 0 Å². The summed E-state index contributed by atoms with van der Waals surface area (Å²) >= 11 is 1.76. The average molecular weight is 219 g/mol. The smallest absolute Gasteiger partial charge is 0.115 e. The lowest BCUT2D eigenvalue weighted by atomic mass is 10.1. The number of nitrogens with one attached hydrogen (secondary N) is 1. The summed E-state index contributed by atoms with van der Waals surface area (Å²) < 4.78 is 0. The van der Waals surface area contributed by atoms with Crippen LogP contribution >= 0.6 is 11.3 Å². The van der Waals surface area contributed by atoms with Gasteiger partial charge in [0, 0.05) is 11.1 Å². The van der Waals surface area contributed by atoms with Gasteiger partial charge in [0.05, 0.1) is 11.7 Å². The molecule has 4 heteroatoms. The van der Waals surface area contributed by atoms with Gasteiger partial charge in [-0.2, -0.15) is 0 Å². The highest BCUT2D eigenvalue weighted by atomic mass is 32.1. The standard InChI is InChI=1S/C11H13N3S/c1-8-5-9(6-15-8)11(12-2)10-3-4-13-7-14-10/h3-7,11-12H,1-2H3. The van der Waals surface area contributed by atoms with Gasteiger partial charge >= 0.3 is 0 Å². The topological polar surface area (TPSA) is 37.8 Å². The van der Waals surface area contributed by atoms with Gasteiger partial charge in [0.2, 0.25) is 0 Å². The van der Waals surface area contributed by atoms with Gasteiger partial charge in [-0.15, -0.1) is 11.3 Å². The molecule has 2 heterocycles. The molecular formula is C11H13N3S. The largest absolute Gasteiger partial charge is 0.308 e. The molecule has 15 heavy (non-hydrogen) atoms. The van der Waals surface area contributed by atoms with E-state index in [2.05, 4.69) is 33.7 Å². The fourth-order valence-corrected chi connectivity index (χ4v) is 2.30. The Morgan fingerprint density at radius 1 is 1.47 bits per heavy atom. The summed E-state index contributed by atoms with van der Waals surface area (Å²) in [4.78, 5) is 9.51. The highest BCUT2D eigenvalue weighted by Crippen LogP contribution is 2.24. The Morgan fingerprint density at radius 2 is 2.33 bits per heavy atom. The Hall–Kier alpha value is -1.26. The highest BCUT2D eigenvalue weighted by Gasteiger charge is 2.13. The van der Waals surface area contributed by atoms with Crippen molar-refractivity contribution in [2.75, 3.05) is 7.05 Å². The molecule has 3 nitrogen and oxygen atoms in total. The lowest BCUT2D eigenvalue weighted by Crippen LogP contribution is -2.18. The summed E-state index contributed by atoms with van der Waals surface area (Å²) in [6.07, 6.45) is 3.35. The number of thiophene rings is 1. The molecule has 2 rings (SSSR count). The van der Waals surface area contributed by atoms with Crippen LogP contribution in [-0.2, 0) is 0 Å². The van der Waals surface area contributed by atoms with Crippen molar-refractivity contribution in [3.63, 3.8) is 0 Å². The Morgan fingerprint density at radius 3 is 2.87 bits per heavy atom. The molecular weight excluding hydrogens is 206 g/mol. The monoisotopic (exact) mass is 219 g/mol. The van der Waals surface area contributed by atoms with Gasteiger partial charge in [-0.25, -0.2) is 9.97 Å². The van der Waals surface area contributed by atoms with Gasteiger partial charge in [0.25, 0.3) is 0 Å². The lowest BCUT2D eigenvalue weighted by molar-refractivity contribution is 0.670. The summed E-state index contributed by atoms with van der Waals surface area (Å²) in [5, 5.41) is 5.43. The number of hydrogen-bond donors (Lipinski definition) is 1. The molecule has 0 saturated carbocycles. The fraction of sp³-hybridized carbons (Fsp3) is 0.273. The molecule has 0 aliphatic rings. The maximum Gasteiger partial charge on any atom is 0.115 e. The quantitative estimate of drug-likeness (QED) is 0.859. The van der Waals surface area contributed by atoms with E-state index >= 15 is 0 Å². The third-order valence-corrected chi connectivity index (χ3v) is 3.15. The van der Waals surface area contributed by atoms with Crippen LogP contribution in [0.2, 0.25) is 0 Å². The number of aromatic nitrogens is 2. The van der Waals surface area contributed by atoms with Gasteiger partial charge in [-0.3, -0.25) is 0 Å². The molecule has 78 valence electrons. The summed E-state index contributed by atoms with van der Waals surface area (Å²) in [6, 6.07) is 4.29. The molecule has 1 atom stereocenters. The van der Waals surface area contributed by atoms with Crippen molar-refractivity contribution in [3.05, 3.63) is 46.2 Å². The molecule has 0 fully saturated rings. The molecule has 0 aromatic carbocycles. The van der Waals surface area contributed by atoms with Crippen LogP contribution in [0.3, 0.4) is 0 Å². The summed E-state index contributed by atoms with van der Waals surface area (Å²) in [5.74, 6) is 0. The molecule has 0 radical (unpaired) electrons. The van der Waals surface area contributed by atoms with E-state index < -0.39 is 0 Å². The second-order valence-corrected chi connectivity index (χ2v) is 4.46. The van der Waals surface area contributed by atoms with Crippen molar-refractivity contribution >= 4 is 11.3 Å². The van der Waals surface area contributed by atoms with Crippen LogP contribution in [0.15, 0.2) is 30.0 Å². The van der Waals surface area contributed by atoms with E-state index in [1.807, 2.05) is 13.1 Å². The van der Waals surface area contributed by atoms with Crippen LogP contribution in [0, 0.1) is 6.92 Å². The second kappa shape index (κ2) is 4.51. The zero-order chi connectivity index (χ0) is 10.7. The van der Waals surface area contributed by atoms with E-state index in [0.29, 0.717) is 0 Å². The normalized spacial score (nSPS) is 12.7. The maximum absolute atomic E-state index is 4.27. The molecule has 2 aromatic rings. The molecule has 0 saturated heterocycles. The van der Waals surface area contributed by atoms with Crippen LogP contribution in [0.4, 0.5) is 0 Å². The minimum Gasteiger partial charge on any atom is -0.308 e. The van der Waals surface area contributed by atoms with E-state index in [-0.39, 0.29) is 6.04 Å². The first kappa shape index (κ1) is 10.3. The molecule has 0 amide bonds. The first-order valence-corrected chi connectivity index (χ1v) is 5.67. The van der Waals surface area contributed by atoms with Gasteiger partial charge in [0.1, 0.15) is 6.33 Å². The second-order valence-electron chi connectivity index (χ2n) is 3.35. The van der Waals surface area contributed by atoms with Crippen LogP contribution in [-0.4, -0.2) is 17.0 Å². The van der Waals surface area contributed by atoms with E-state index in [1.54, 1.807) is 23.9 Å². The summed E-state index contributed by atoms with van der Waals surface area (Å²) in [5.41, 5.74) is 2.27. The number of nitrogens with zero attached hydrogens (tertiary/aromatic N) is 2.